The van der Waals surface area contributed by atoms with E-state index < -0.39 is 0 Å². The van der Waals surface area contributed by atoms with Crippen molar-refractivity contribution in [3.8, 4) is 5.75 Å². The van der Waals surface area contributed by atoms with Gasteiger partial charge in [0.05, 0.1) is 6.04 Å². The van der Waals surface area contributed by atoms with Crippen LogP contribution in [0.25, 0.3) is 0 Å². The van der Waals surface area contributed by atoms with Gasteiger partial charge >= 0.3 is 0 Å². The molecule has 0 radical (unpaired) electrons. The van der Waals surface area contributed by atoms with Crippen molar-refractivity contribution in [2.45, 2.75) is 19.4 Å². The molecule has 0 unspecified atom stereocenters. The van der Waals surface area contributed by atoms with E-state index in [4.69, 9.17) is 4.74 Å². The first-order valence-corrected chi connectivity index (χ1v) is 10.2. The minimum atomic E-state index is -0.0306. The second-order valence-corrected chi connectivity index (χ2v) is 7.82. The topological polar surface area (TPSA) is 46.6 Å². The molecular weight excluding hydrogens is 370 g/mol. The molecule has 1 amide bonds. The number of fused-ring (bicyclic) bond motifs is 1. The van der Waals surface area contributed by atoms with Crippen LogP contribution in [-0.4, -0.2) is 29.7 Å². The molecule has 0 saturated heterocycles. The van der Waals surface area contributed by atoms with Crippen molar-refractivity contribution in [1.29, 1.82) is 0 Å². The summed E-state index contributed by atoms with van der Waals surface area (Å²) in [5, 5.41) is 2.09. The Labute approximate surface area is 168 Å². The van der Waals surface area contributed by atoms with Crippen molar-refractivity contribution in [2.75, 3.05) is 13.2 Å². The maximum atomic E-state index is 12.6. The Morgan fingerprint density at radius 2 is 1.75 bits per heavy atom. The fraction of sp³-hybridized carbons (Fsp3) is 0.217. The van der Waals surface area contributed by atoms with Crippen molar-refractivity contribution >= 4 is 23.0 Å². The Morgan fingerprint density at radius 3 is 2.50 bits per heavy atom. The number of nitrogens with zero attached hydrogens (tertiary/aromatic N) is 1. The smallest absolute Gasteiger partial charge is 0.261 e. The monoisotopic (exact) mass is 391 g/mol. The van der Waals surface area contributed by atoms with Gasteiger partial charge in [0, 0.05) is 22.5 Å². The number of benzene rings is 2. The average molecular weight is 391 g/mol. The third-order valence-corrected chi connectivity index (χ3v) is 6.11. The third kappa shape index (κ3) is 3.71. The maximum absolute atomic E-state index is 12.6. The molecule has 0 bridgehead atoms. The molecule has 3 aromatic rings. The van der Waals surface area contributed by atoms with Crippen LogP contribution >= 0.6 is 11.3 Å². The predicted molar refractivity (Wildman–Crippen MR) is 110 cm³/mol. The number of amides is 1. The molecule has 2 aromatic carbocycles. The van der Waals surface area contributed by atoms with Gasteiger partial charge in [0.1, 0.15) is 5.75 Å². The van der Waals surface area contributed by atoms with E-state index in [0.29, 0.717) is 16.9 Å². The summed E-state index contributed by atoms with van der Waals surface area (Å²) in [6.45, 7) is 2.78. The third-order valence-electron chi connectivity index (χ3n) is 5.11. The molecule has 2 heterocycles. The van der Waals surface area contributed by atoms with Gasteiger partial charge in [-0.15, -0.1) is 11.3 Å². The summed E-state index contributed by atoms with van der Waals surface area (Å²) in [5.41, 5.74) is 2.49. The number of ketones is 1. The zero-order valence-electron chi connectivity index (χ0n) is 15.6. The summed E-state index contributed by atoms with van der Waals surface area (Å²) in [5.74, 6) is 0.532. The van der Waals surface area contributed by atoms with E-state index in [0.717, 1.165) is 13.0 Å². The number of carbonyl (C=O) groups is 2. The highest BCUT2D eigenvalue weighted by Crippen LogP contribution is 2.32. The van der Waals surface area contributed by atoms with E-state index in [-0.39, 0.29) is 24.3 Å². The van der Waals surface area contributed by atoms with Crippen molar-refractivity contribution in [1.82, 2.24) is 4.90 Å². The molecule has 4 rings (SSSR count). The lowest BCUT2D eigenvalue weighted by molar-refractivity contribution is -0.135. The van der Waals surface area contributed by atoms with Crippen LogP contribution in [0.4, 0.5) is 0 Å². The Bertz CT molecular complexity index is 979. The van der Waals surface area contributed by atoms with Gasteiger partial charge in [0.2, 0.25) is 0 Å². The van der Waals surface area contributed by atoms with Crippen LogP contribution in [-0.2, 0) is 11.2 Å². The zero-order chi connectivity index (χ0) is 19.5. The first kappa shape index (κ1) is 18.4. The lowest BCUT2D eigenvalue weighted by Gasteiger charge is -2.33. The van der Waals surface area contributed by atoms with Crippen LogP contribution in [0.15, 0.2) is 66.0 Å². The molecule has 5 heteroatoms. The highest BCUT2D eigenvalue weighted by Gasteiger charge is 2.28. The Hall–Kier alpha value is -2.92. The molecule has 142 valence electrons. The Morgan fingerprint density at radius 1 is 1.04 bits per heavy atom. The maximum Gasteiger partial charge on any atom is 0.261 e. The molecule has 4 nitrogen and oxygen atoms in total. The first-order valence-electron chi connectivity index (χ1n) is 9.32. The van der Waals surface area contributed by atoms with E-state index in [1.54, 1.807) is 47.7 Å². The summed E-state index contributed by atoms with van der Waals surface area (Å²) in [4.78, 5) is 28.3. The Kier molecular flexibility index (Phi) is 5.26. The van der Waals surface area contributed by atoms with Crippen LogP contribution in [0, 0.1) is 0 Å². The molecule has 0 saturated carbocycles. The molecule has 28 heavy (non-hydrogen) atoms. The fourth-order valence-corrected chi connectivity index (χ4v) is 4.50. The molecule has 1 aliphatic heterocycles. The van der Waals surface area contributed by atoms with Crippen molar-refractivity contribution in [3.63, 3.8) is 0 Å². The van der Waals surface area contributed by atoms with Crippen molar-refractivity contribution < 1.29 is 14.3 Å². The molecule has 0 spiro atoms. The molecule has 1 aromatic heterocycles. The minimum Gasteiger partial charge on any atom is -0.484 e. The summed E-state index contributed by atoms with van der Waals surface area (Å²) in [6, 6.07) is 18.3. The first-order chi connectivity index (χ1) is 13.6. The predicted octanol–water partition coefficient (Wildman–Crippen LogP) is 4.50. The lowest BCUT2D eigenvalue weighted by Crippen LogP contribution is -2.40. The van der Waals surface area contributed by atoms with Gasteiger partial charge in [-0.3, -0.25) is 9.59 Å². The summed E-state index contributed by atoms with van der Waals surface area (Å²) in [6.07, 6.45) is 0.902. The lowest BCUT2D eigenvalue weighted by atomic mass is 10.0. The van der Waals surface area contributed by atoms with Crippen molar-refractivity contribution in [2.24, 2.45) is 0 Å². The van der Waals surface area contributed by atoms with E-state index in [9.17, 15) is 9.59 Å². The van der Waals surface area contributed by atoms with Crippen molar-refractivity contribution in [3.05, 3.63) is 87.6 Å². The number of carbonyl (C=O) groups excluding carboxylic acids is 2. The molecule has 0 aliphatic carbocycles. The van der Waals surface area contributed by atoms with Crippen LogP contribution < -0.4 is 4.74 Å². The summed E-state index contributed by atoms with van der Waals surface area (Å²) < 4.78 is 5.68. The van der Waals surface area contributed by atoms with Gasteiger partial charge in [0.15, 0.2) is 12.4 Å². The van der Waals surface area contributed by atoms with Crippen LogP contribution in [0.1, 0.15) is 39.3 Å². The Balaban J connectivity index is 1.36. The fourth-order valence-electron chi connectivity index (χ4n) is 3.54. The summed E-state index contributed by atoms with van der Waals surface area (Å²) >= 11 is 1.76. The van der Waals surface area contributed by atoms with Crippen LogP contribution in [0.2, 0.25) is 0 Å². The quantitative estimate of drug-likeness (QED) is 0.602. The largest absolute Gasteiger partial charge is 0.484 e. The van der Waals surface area contributed by atoms with Gasteiger partial charge in [-0.25, -0.2) is 0 Å². The molecule has 0 fully saturated rings. The normalized spacial score (nSPS) is 15.8. The highest BCUT2D eigenvalue weighted by atomic mass is 32.1. The van der Waals surface area contributed by atoms with Gasteiger partial charge in [-0.1, -0.05) is 30.3 Å². The van der Waals surface area contributed by atoms with Gasteiger partial charge in [-0.2, -0.15) is 0 Å². The van der Waals surface area contributed by atoms with Gasteiger partial charge in [-0.05, 0) is 54.6 Å². The molecular formula is C23H21NO3S. The SMILES string of the molecule is C[C@@H]1c2ccsc2CCN1C(=O)COc1ccc(C(=O)c2ccccc2)cc1. The minimum absolute atomic E-state index is 0.00418. The summed E-state index contributed by atoms with van der Waals surface area (Å²) in [7, 11) is 0. The number of rotatable bonds is 5. The van der Waals surface area contributed by atoms with E-state index in [1.165, 1.54) is 10.4 Å². The molecule has 1 aliphatic rings. The molecule has 0 N–H and O–H groups in total. The molecule has 1 atom stereocenters. The van der Waals surface area contributed by atoms with E-state index >= 15 is 0 Å². The number of hydrogen-bond donors (Lipinski definition) is 0. The van der Waals surface area contributed by atoms with Crippen LogP contribution in [0.3, 0.4) is 0 Å². The number of thiophene rings is 1. The van der Waals surface area contributed by atoms with Gasteiger partial charge < -0.3 is 9.64 Å². The second-order valence-electron chi connectivity index (χ2n) is 6.82. The number of ether oxygens (including phenoxy) is 1. The van der Waals surface area contributed by atoms with E-state index in [2.05, 4.69) is 18.4 Å². The van der Waals surface area contributed by atoms with Crippen LogP contribution in [0.5, 0.6) is 5.75 Å². The number of hydrogen-bond acceptors (Lipinski definition) is 4. The standard InChI is InChI=1S/C23H21NO3S/c1-16-20-12-14-28-21(20)11-13-24(16)22(25)15-27-19-9-7-18(8-10-19)23(26)17-5-3-2-4-6-17/h2-10,12,14,16H,11,13,15H2,1H3/t16-/m1/s1. The van der Waals surface area contributed by atoms with Gasteiger partial charge in [0.25, 0.3) is 5.91 Å². The highest BCUT2D eigenvalue weighted by molar-refractivity contribution is 7.10. The second kappa shape index (κ2) is 7.98. The van der Waals surface area contributed by atoms with E-state index in [1.807, 2.05) is 23.1 Å². The average Bonchev–Trinajstić information content (AvgIpc) is 3.23. The zero-order valence-corrected chi connectivity index (χ0v) is 16.4.